The van der Waals surface area contributed by atoms with Crippen LogP contribution in [0.5, 0.6) is 0 Å². The highest BCUT2D eigenvalue weighted by Gasteiger charge is 2.14. The van der Waals surface area contributed by atoms with Gasteiger partial charge in [-0.25, -0.2) is 0 Å². The molecule has 8 heteroatoms. The maximum Gasteiger partial charge on any atom is 0.191 e. The smallest absolute Gasteiger partial charge is 0.191 e. The van der Waals surface area contributed by atoms with Gasteiger partial charge in [0.1, 0.15) is 11.6 Å². The molecule has 6 nitrogen and oxygen atoms in total. The average molecular weight is 316 g/mol. The Morgan fingerprint density at radius 1 is 1.40 bits per heavy atom. The van der Waals surface area contributed by atoms with Crippen LogP contribution in [0.15, 0.2) is 22.3 Å². The Bertz CT molecular complexity index is 561. The minimum Gasteiger partial charge on any atom is -0.361 e. The van der Waals surface area contributed by atoms with Crippen LogP contribution >= 0.6 is 24.2 Å². The number of aromatic nitrogens is 4. The van der Waals surface area contributed by atoms with E-state index in [1.54, 1.807) is 11.8 Å². The zero-order chi connectivity index (χ0) is 13.8. The van der Waals surface area contributed by atoms with E-state index in [9.17, 15) is 0 Å². The van der Waals surface area contributed by atoms with Gasteiger partial charge in [0.15, 0.2) is 5.16 Å². The molecule has 110 valence electrons. The molecule has 0 fully saturated rings. The summed E-state index contributed by atoms with van der Waals surface area (Å²) in [4.78, 5) is 0. The molecule has 0 bridgehead atoms. The van der Waals surface area contributed by atoms with Gasteiger partial charge in [-0.2, -0.15) is 0 Å². The fourth-order valence-electron chi connectivity index (χ4n) is 1.73. The van der Waals surface area contributed by atoms with Crippen molar-refractivity contribution in [3.8, 4) is 0 Å². The lowest BCUT2D eigenvalue weighted by molar-refractivity contribution is 0.392. The first-order valence-corrected chi connectivity index (χ1v) is 6.93. The first-order chi connectivity index (χ1) is 9.17. The van der Waals surface area contributed by atoms with E-state index in [1.807, 2.05) is 24.5 Å². The molecular weight excluding hydrogens is 298 g/mol. The topological polar surface area (TPSA) is 82.8 Å². The number of nitrogens with zero attached hydrogens (tertiary/aromatic N) is 4. The van der Waals surface area contributed by atoms with Gasteiger partial charge in [0.05, 0.1) is 12.2 Å². The fourth-order valence-corrected chi connectivity index (χ4v) is 2.85. The number of allylic oxidation sites excluding steroid dienone is 1. The van der Waals surface area contributed by atoms with Crippen molar-refractivity contribution in [3.63, 3.8) is 0 Å². The van der Waals surface area contributed by atoms with Gasteiger partial charge in [0, 0.05) is 17.9 Å². The number of rotatable bonds is 6. The van der Waals surface area contributed by atoms with Crippen LogP contribution in [-0.4, -0.2) is 19.9 Å². The monoisotopic (exact) mass is 315 g/mol. The second kappa shape index (κ2) is 7.47. The van der Waals surface area contributed by atoms with Crippen LogP contribution in [-0.2, 0) is 18.8 Å². The second-order valence-electron chi connectivity index (χ2n) is 4.09. The van der Waals surface area contributed by atoms with Crippen molar-refractivity contribution in [2.24, 2.45) is 5.73 Å². The van der Waals surface area contributed by atoms with E-state index in [4.69, 9.17) is 10.3 Å². The Kier molecular flexibility index (Phi) is 6.25. The van der Waals surface area contributed by atoms with E-state index in [2.05, 4.69) is 21.9 Å². The van der Waals surface area contributed by atoms with Crippen LogP contribution < -0.4 is 5.73 Å². The average Bonchev–Trinajstić information content (AvgIpc) is 2.93. The molecule has 2 N–H and O–H groups in total. The van der Waals surface area contributed by atoms with Crippen molar-refractivity contribution in [2.45, 2.75) is 37.8 Å². The van der Waals surface area contributed by atoms with Gasteiger partial charge >= 0.3 is 0 Å². The summed E-state index contributed by atoms with van der Waals surface area (Å²) < 4.78 is 7.11. The van der Waals surface area contributed by atoms with E-state index < -0.39 is 0 Å². The lowest BCUT2D eigenvalue weighted by Gasteiger charge is -2.05. The number of aryl methyl sites for hydroxylation is 2. The molecule has 0 atom stereocenters. The van der Waals surface area contributed by atoms with Crippen molar-refractivity contribution in [3.05, 3.63) is 35.5 Å². The van der Waals surface area contributed by atoms with Crippen LogP contribution in [0.4, 0.5) is 0 Å². The van der Waals surface area contributed by atoms with Gasteiger partial charge in [-0.05, 0) is 13.8 Å². The number of nitrogens with two attached hydrogens (primary N) is 1. The SMILES string of the molecule is C=CCn1c(CN)nnc1SCc1c(C)noc1C.Cl. The van der Waals surface area contributed by atoms with Crippen LogP contribution in [0, 0.1) is 13.8 Å². The normalized spacial score (nSPS) is 10.3. The highest BCUT2D eigenvalue weighted by atomic mass is 35.5. The minimum absolute atomic E-state index is 0. The molecular formula is C12H18ClN5OS. The van der Waals surface area contributed by atoms with E-state index in [0.717, 1.165) is 33.8 Å². The summed E-state index contributed by atoms with van der Waals surface area (Å²) in [5.74, 6) is 2.36. The number of thioether (sulfide) groups is 1. The summed E-state index contributed by atoms with van der Waals surface area (Å²) in [6.07, 6.45) is 1.81. The molecule has 2 aromatic rings. The third kappa shape index (κ3) is 3.41. The Balaban J connectivity index is 0.00000200. The summed E-state index contributed by atoms with van der Waals surface area (Å²) >= 11 is 1.60. The van der Waals surface area contributed by atoms with Crippen molar-refractivity contribution in [2.75, 3.05) is 0 Å². The van der Waals surface area contributed by atoms with Gasteiger partial charge < -0.3 is 14.8 Å². The summed E-state index contributed by atoms with van der Waals surface area (Å²) in [5, 5.41) is 13.0. The summed E-state index contributed by atoms with van der Waals surface area (Å²) in [5.41, 5.74) is 7.66. The Labute approximate surface area is 128 Å². The molecule has 0 unspecified atom stereocenters. The van der Waals surface area contributed by atoms with Gasteiger partial charge in [-0.3, -0.25) is 0 Å². The molecule has 2 aromatic heterocycles. The van der Waals surface area contributed by atoms with Crippen molar-refractivity contribution >= 4 is 24.2 Å². The van der Waals surface area contributed by atoms with Crippen molar-refractivity contribution in [1.82, 2.24) is 19.9 Å². The van der Waals surface area contributed by atoms with Crippen LogP contribution in [0.2, 0.25) is 0 Å². The standard InChI is InChI=1S/C12H17N5OS.ClH/c1-4-5-17-11(6-13)14-15-12(17)19-7-10-8(2)16-18-9(10)3;/h4H,1,5-7,13H2,2-3H3;1H. The number of halogens is 1. The highest BCUT2D eigenvalue weighted by molar-refractivity contribution is 7.98. The highest BCUT2D eigenvalue weighted by Crippen LogP contribution is 2.25. The summed E-state index contributed by atoms with van der Waals surface area (Å²) in [6, 6.07) is 0. The maximum atomic E-state index is 5.64. The largest absolute Gasteiger partial charge is 0.361 e. The van der Waals surface area contributed by atoms with E-state index in [-0.39, 0.29) is 12.4 Å². The van der Waals surface area contributed by atoms with E-state index in [1.165, 1.54) is 0 Å². The molecule has 0 saturated carbocycles. The zero-order valence-electron chi connectivity index (χ0n) is 11.5. The van der Waals surface area contributed by atoms with Gasteiger partial charge in [-0.1, -0.05) is 23.0 Å². The van der Waals surface area contributed by atoms with Gasteiger partial charge in [0.2, 0.25) is 0 Å². The van der Waals surface area contributed by atoms with E-state index >= 15 is 0 Å². The Morgan fingerprint density at radius 2 is 2.15 bits per heavy atom. The third-order valence-electron chi connectivity index (χ3n) is 2.81. The first-order valence-electron chi connectivity index (χ1n) is 5.95. The van der Waals surface area contributed by atoms with Gasteiger partial charge in [-0.15, -0.1) is 29.2 Å². The molecule has 2 heterocycles. The molecule has 0 amide bonds. The molecule has 0 aliphatic carbocycles. The molecule has 0 aliphatic rings. The van der Waals surface area contributed by atoms with Gasteiger partial charge in [0.25, 0.3) is 0 Å². The summed E-state index contributed by atoms with van der Waals surface area (Å²) in [6.45, 7) is 8.61. The number of hydrogen-bond donors (Lipinski definition) is 1. The second-order valence-corrected chi connectivity index (χ2v) is 5.04. The van der Waals surface area contributed by atoms with Crippen molar-refractivity contribution < 1.29 is 4.52 Å². The van der Waals surface area contributed by atoms with Crippen LogP contribution in [0.3, 0.4) is 0 Å². The summed E-state index contributed by atoms with van der Waals surface area (Å²) in [7, 11) is 0. The molecule has 0 aliphatic heterocycles. The molecule has 20 heavy (non-hydrogen) atoms. The first kappa shape index (κ1) is 16.7. The predicted octanol–water partition coefficient (Wildman–Crippen LogP) is 2.24. The third-order valence-corrected chi connectivity index (χ3v) is 3.81. The quantitative estimate of drug-likeness (QED) is 0.650. The molecule has 2 rings (SSSR count). The lowest BCUT2D eigenvalue weighted by atomic mass is 10.2. The maximum absolute atomic E-state index is 5.64. The zero-order valence-corrected chi connectivity index (χ0v) is 13.1. The van der Waals surface area contributed by atoms with Crippen molar-refractivity contribution in [1.29, 1.82) is 0 Å². The van der Waals surface area contributed by atoms with Crippen LogP contribution in [0.1, 0.15) is 22.8 Å². The molecule has 0 spiro atoms. The predicted molar refractivity (Wildman–Crippen MR) is 80.9 cm³/mol. The number of hydrogen-bond acceptors (Lipinski definition) is 6. The lowest BCUT2D eigenvalue weighted by Crippen LogP contribution is -2.08. The Hall–Kier alpha value is -1.31. The molecule has 0 saturated heterocycles. The minimum atomic E-state index is 0. The molecule has 0 aromatic carbocycles. The van der Waals surface area contributed by atoms with E-state index in [0.29, 0.717) is 13.1 Å². The Morgan fingerprint density at radius 3 is 2.70 bits per heavy atom. The molecule has 0 radical (unpaired) electrons. The fraction of sp³-hybridized carbons (Fsp3) is 0.417. The van der Waals surface area contributed by atoms with Crippen LogP contribution in [0.25, 0.3) is 0 Å².